The normalized spacial score (nSPS) is 11.4. The molecule has 0 aliphatic carbocycles. The van der Waals surface area contributed by atoms with Gasteiger partial charge in [-0.1, -0.05) is 13.8 Å². The largest absolute Gasteiger partial charge is 0.303 e. The van der Waals surface area contributed by atoms with Gasteiger partial charge in [-0.05, 0) is 13.1 Å². The molecule has 10 heavy (non-hydrogen) atoms. The van der Waals surface area contributed by atoms with Crippen LogP contribution in [0.25, 0.3) is 0 Å². The van der Waals surface area contributed by atoms with Gasteiger partial charge >= 0.3 is 0 Å². The Kier molecular flexibility index (Phi) is 5.58. The number of hydrogen-bond donors (Lipinski definition) is 1. The van der Waals surface area contributed by atoms with E-state index >= 15 is 0 Å². The topological polar surface area (TPSA) is 32.5 Å². The zero-order valence-electron chi connectivity index (χ0n) is 7.30. The predicted octanol–water partition coefficient (Wildman–Crippen LogP) is 0.134. The number of hydrazine groups is 1. The van der Waals surface area contributed by atoms with E-state index in [9.17, 15) is 0 Å². The zero-order chi connectivity index (χ0) is 7.98. The maximum absolute atomic E-state index is 5.46. The van der Waals surface area contributed by atoms with Crippen LogP contribution < -0.4 is 5.84 Å². The lowest BCUT2D eigenvalue weighted by Crippen LogP contribution is -2.36. The number of rotatable bonds is 5. The second-order valence-electron chi connectivity index (χ2n) is 2.51. The highest BCUT2D eigenvalue weighted by Gasteiger charge is 1.97. The molecule has 0 amide bonds. The molecular formula is C7H19N3. The number of hydrogen-bond acceptors (Lipinski definition) is 3. The van der Waals surface area contributed by atoms with Gasteiger partial charge in [-0.15, -0.1) is 0 Å². The first-order chi connectivity index (χ1) is 4.70. The molecule has 0 atom stereocenters. The van der Waals surface area contributed by atoms with Gasteiger partial charge in [0.2, 0.25) is 0 Å². The lowest BCUT2D eigenvalue weighted by molar-refractivity contribution is 0.244. The summed E-state index contributed by atoms with van der Waals surface area (Å²) in [5.41, 5.74) is 0. The number of nitrogens with zero attached hydrogens (tertiary/aromatic N) is 2. The summed E-state index contributed by atoms with van der Waals surface area (Å²) in [6.45, 7) is 8.58. The summed E-state index contributed by atoms with van der Waals surface area (Å²) >= 11 is 0. The fourth-order valence-corrected chi connectivity index (χ4v) is 0.839. The molecule has 0 bridgehead atoms. The van der Waals surface area contributed by atoms with Crippen LogP contribution in [0.3, 0.4) is 0 Å². The molecule has 0 heterocycles. The molecule has 0 aromatic rings. The molecule has 0 saturated carbocycles. The summed E-state index contributed by atoms with van der Waals surface area (Å²) in [5, 5.41) is 1.72. The Morgan fingerprint density at radius 3 is 1.90 bits per heavy atom. The average molecular weight is 145 g/mol. The first-order valence-corrected chi connectivity index (χ1v) is 3.88. The van der Waals surface area contributed by atoms with E-state index in [1.165, 1.54) is 0 Å². The molecule has 62 valence electrons. The van der Waals surface area contributed by atoms with Crippen molar-refractivity contribution in [3.8, 4) is 0 Å². The molecule has 0 aliphatic rings. The Bertz CT molecular complexity index is 69.3. The fourth-order valence-electron chi connectivity index (χ4n) is 0.839. The summed E-state index contributed by atoms with van der Waals surface area (Å²) in [4.78, 5) is 2.35. The molecular weight excluding hydrogens is 126 g/mol. The maximum atomic E-state index is 5.46. The number of nitrogens with two attached hydrogens (primary N) is 1. The number of likely N-dealkylation sites (N-methyl/N-ethyl adjacent to an activating group) is 2. The van der Waals surface area contributed by atoms with Gasteiger partial charge in [-0.25, -0.2) is 5.01 Å². The van der Waals surface area contributed by atoms with Gasteiger partial charge in [-0.3, -0.25) is 5.84 Å². The van der Waals surface area contributed by atoms with Gasteiger partial charge in [0, 0.05) is 20.1 Å². The first-order valence-electron chi connectivity index (χ1n) is 3.88. The van der Waals surface area contributed by atoms with Crippen LogP contribution in [-0.4, -0.2) is 43.1 Å². The minimum absolute atomic E-state index is 0.946. The summed E-state index contributed by atoms with van der Waals surface area (Å²) in [7, 11) is 1.89. The third kappa shape index (κ3) is 4.73. The van der Waals surface area contributed by atoms with E-state index in [0.29, 0.717) is 0 Å². The van der Waals surface area contributed by atoms with Crippen molar-refractivity contribution in [3.05, 3.63) is 0 Å². The van der Waals surface area contributed by atoms with Crippen LogP contribution >= 0.6 is 0 Å². The molecule has 0 aromatic carbocycles. The molecule has 0 aliphatic heterocycles. The third-order valence-electron chi connectivity index (χ3n) is 1.66. The summed E-state index contributed by atoms with van der Waals surface area (Å²) in [5.74, 6) is 5.46. The highest BCUT2D eigenvalue weighted by atomic mass is 15.4. The van der Waals surface area contributed by atoms with Gasteiger partial charge in [-0.2, -0.15) is 0 Å². The summed E-state index contributed by atoms with van der Waals surface area (Å²) < 4.78 is 0. The molecule has 0 fully saturated rings. The van der Waals surface area contributed by atoms with Crippen LogP contribution in [0.1, 0.15) is 13.8 Å². The Morgan fingerprint density at radius 2 is 1.60 bits per heavy atom. The van der Waals surface area contributed by atoms with Crippen molar-refractivity contribution in [1.29, 1.82) is 0 Å². The van der Waals surface area contributed by atoms with Crippen molar-refractivity contribution < 1.29 is 0 Å². The summed E-state index contributed by atoms with van der Waals surface area (Å²) in [6, 6.07) is 0. The van der Waals surface area contributed by atoms with Crippen molar-refractivity contribution in [2.75, 3.05) is 33.2 Å². The van der Waals surface area contributed by atoms with Gasteiger partial charge in [0.05, 0.1) is 0 Å². The zero-order valence-corrected chi connectivity index (χ0v) is 7.30. The smallest absolute Gasteiger partial charge is 0.0253 e. The van der Waals surface area contributed by atoms with Crippen LogP contribution in [0.15, 0.2) is 0 Å². The van der Waals surface area contributed by atoms with E-state index in [2.05, 4.69) is 18.7 Å². The standard InChI is InChI=1S/C7H19N3/c1-4-10(5-2)7-6-9(3)8/h4-8H2,1-3H3. The van der Waals surface area contributed by atoms with Crippen molar-refractivity contribution in [3.63, 3.8) is 0 Å². The Morgan fingerprint density at radius 1 is 1.10 bits per heavy atom. The van der Waals surface area contributed by atoms with Crippen molar-refractivity contribution in [1.82, 2.24) is 9.91 Å². The van der Waals surface area contributed by atoms with E-state index < -0.39 is 0 Å². The monoisotopic (exact) mass is 145 g/mol. The molecule has 0 radical (unpaired) electrons. The van der Waals surface area contributed by atoms with Gasteiger partial charge in [0.25, 0.3) is 0 Å². The van der Waals surface area contributed by atoms with E-state index in [1.54, 1.807) is 5.01 Å². The molecule has 0 saturated heterocycles. The second-order valence-corrected chi connectivity index (χ2v) is 2.51. The molecule has 0 aromatic heterocycles. The van der Waals surface area contributed by atoms with Gasteiger partial charge < -0.3 is 4.90 Å². The van der Waals surface area contributed by atoms with E-state index in [4.69, 9.17) is 5.84 Å². The SMILES string of the molecule is CCN(CC)CCN(C)N. The van der Waals surface area contributed by atoms with Crippen LogP contribution in [0, 0.1) is 0 Å². The fraction of sp³-hybridized carbons (Fsp3) is 1.00. The quantitative estimate of drug-likeness (QED) is 0.441. The minimum Gasteiger partial charge on any atom is -0.303 e. The molecule has 3 nitrogen and oxygen atoms in total. The van der Waals surface area contributed by atoms with Crippen LogP contribution in [-0.2, 0) is 0 Å². The highest BCUT2D eigenvalue weighted by molar-refractivity contribution is 4.52. The molecule has 2 N–H and O–H groups in total. The van der Waals surface area contributed by atoms with Crippen LogP contribution in [0.4, 0.5) is 0 Å². The molecule has 0 rings (SSSR count). The molecule has 3 heteroatoms. The molecule has 0 unspecified atom stereocenters. The lowest BCUT2D eigenvalue weighted by Gasteiger charge is -2.19. The Balaban J connectivity index is 3.26. The van der Waals surface area contributed by atoms with Gasteiger partial charge in [0.15, 0.2) is 0 Å². The van der Waals surface area contributed by atoms with E-state index in [1.807, 2.05) is 7.05 Å². The van der Waals surface area contributed by atoms with Crippen molar-refractivity contribution in [2.24, 2.45) is 5.84 Å². The third-order valence-corrected chi connectivity index (χ3v) is 1.66. The lowest BCUT2D eigenvalue weighted by atomic mass is 10.4. The van der Waals surface area contributed by atoms with Gasteiger partial charge in [0.1, 0.15) is 0 Å². The van der Waals surface area contributed by atoms with Crippen LogP contribution in [0.2, 0.25) is 0 Å². The summed E-state index contributed by atoms with van der Waals surface area (Å²) in [6.07, 6.45) is 0. The molecule has 0 spiro atoms. The maximum Gasteiger partial charge on any atom is 0.0253 e. The van der Waals surface area contributed by atoms with E-state index in [-0.39, 0.29) is 0 Å². The minimum atomic E-state index is 0.946. The Labute approximate surface area is 63.8 Å². The predicted molar refractivity (Wildman–Crippen MR) is 44.6 cm³/mol. The second kappa shape index (κ2) is 5.65. The van der Waals surface area contributed by atoms with Crippen LogP contribution in [0.5, 0.6) is 0 Å². The Hall–Kier alpha value is -0.120. The van der Waals surface area contributed by atoms with Crippen molar-refractivity contribution in [2.45, 2.75) is 13.8 Å². The van der Waals surface area contributed by atoms with E-state index in [0.717, 1.165) is 26.2 Å². The van der Waals surface area contributed by atoms with Crippen molar-refractivity contribution >= 4 is 0 Å². The first kappa shape index (κ1) is 9.88. The average Bonchev–Trinajstić information content (AvgIpc) is 1.90. The highest BCUT2D eigenvalue weighted by Crippen LogP contribution is 1.85.